The van der Waals surface area contributed by atoms with Gasteiger partial charge in [0.05, 0.1) is 19.3 Å². The van der Waals surface area contributed by atoms with E-state index in [0.717, 1.165) is 25.7 Å². The van der Waals surface area contributed by atoms with Gasteiger partial charge in [-0.3, -0.25) is 14.2 Å². The molecule has 3 amide bonds. The van der Waals surface area contributed by atoms with Gasteiger partial charge in [-0.1, -0.05) is 0 Å². The lowest BCUT2D eigenvalue weighted by atomic mass is 9.91. The minimum absolute atomic E-state index is 0.0980. The van der Waals surface area contributed by atoms with Crippen LogP contribution in [0.25, 0.3) is 11.2 Å². The largest absolute Gasteiger partial charge is 0.444 e. The molecule has 6 N–H and O–H groups in total. The first kappa shape index (κ1) is 28.0. The van der Waals surface area contributed by atoms with Crippen LogP contribution in [-0.4, -0.2) is 103 Å². The van der Waals surface area contributed by atoms with Gasteiger partial charge in [-0.25, -0.2) is 19.7 Å². The number of nitrogen functional groups attached to an aromatic ring is 1. The van der Waals surface area contributed by atoms with Crippen LogP contribution >= 0.6 is 0 Å². The first-order chi connectivity index (χ1) is 19.2. The Bertz CT molecular complexity index is 1250. The van der Waals surface area contributed by atoms with E-state index in [0.29, 0.717) is 55.5 Å². The molecule has 0 spiro atoms. The van der Waals surface area contributed by atoms with E-state index in [1.807, 2.05) is 0 Å². The van der Waals surface area contributed by atoms with Crippen molar-refractivity contribution in [3.8, 4) is 0 Å². The number of carbonyl (C=O) groups excluding carboxylic acids is 3. The summed E-state index contributed by atoms with van der Waals surface area (Å²) in [7, 11) is 0. The summed E-state index contributed by atoms with van der Waals surface area (Å²) in [5.41, 5.74) is 6.84. The van der Waals surface area contributed by atoms with Crippen LogP contribution < -0.4 is 16.4 Å². The number of fused-ring (bicyclic) bond motifs is 1. The number of nitrogens with one attached hydrogen (secondary N) is 2. The maximum Gasteiger partial charge on any atom is 0.410 e. The minimum atomic E-state index is -1.41. The van der Waals surface area contributed by atoms with Gasteiger partial charge >= 0.3 is 6.09 Å². The van der Waals surface area contributed by atoms with Crippen molar-refractivity contribution in [1.29, 1.82) is 0 Å². The molecule has 5 heterocycles. The van der Waals surface area contributed by atoms with Gasteiger partial charge in [0, 0.05) is 26.1 Å². The van der Waals surface area contributed by atoms with Crippen molar-refractivity contribution in [2.45, 2.75) is 76.1 Å². The van der Waals surface area contributed by atoms with E-state index in [9.17, 15) is 24.6 Å². The van der Waals surface area contributed by atoms with Crippen LogP contribution in [0.1, 0.15) is 51.1 Å². The van der Waals surface area contributed by atoms with Gasteiger partial charge < -0.3 is 41.0 Å². The van der Waals surface area contributed by atoms with Crippen LogP contribution in [0.3, 0.4) is 0 Å². The van der Waals surface area contributed by atoms with E-state index < -0.39 is 36.6 Å². The molecule has 3 aliphatic rings. The Kier molecular flexibility index (Phi) is 8.32. The Balaban J connectivity index is 1.15. The van der Waals surface area contributed by atoms with Crippen molar-refractivity contribution < 1.29 is 34.1 Å². The number of rotatable bonds is 8. The number of aromatic nitrogens is 4. The van der Waals surface area contributed by atoms with Gasteiger partial charge in [0.1, 0.15) is 29.7 Å². The Hall–Kier alpha value is -3.56. The number of likely N-dealkylation sites (tertiary alicyclic amines) is 1. The molecule has 2 aromatic heterocycles. The SMILES string of the molecule is CCNC(=O)[C@H]1O[C@@H](n2cnc3c(N)nc(CCCC4CCN(C(=O)OC5CNC(=O)C5)CC4)nc32)[C@@H](O)C1O. The van der Waals surface area contributed by atoms with E-state index in [4.69, 9.17) is 15.2 Å². The van der Waals surface area contributed by atoms with Crippen LogP contribution in [0.5, 0.6) is 0 Å². The van der Waals surface area contributed by atoms with Crippen molar-refractivity contribution in [3.05, 3.63) is 12.2 Å². The predicted molar refractivity (Wildman–Crippen MR) is 139 cm³/mol. The summed E-state index contributed by atoms with van der Waals surface area (Å²) < 4.78 is 12.6. The van der Waals surface area contributed by atoms with E-state index in [2.05, 4.69) is 25.6 Å². The lowest BCUT2D eigenvalue weighted by molar-refractivity contribution is -0.137. The third-order valence-electron chi connectivity index (χ3n) is 7.71. The summed E-state index contributed by atoms with van der Waals surface area (Å²) in [6.45, 7) is 3.70. The van der Waals surface area contributed by atoms with Gasteiger partial charge in [-0.05, 0) is 38.5 Å². The average Bonchev–Trinajstić information content (AvgIpc) is 3.62. The number of nitrogens with two attached hydrogens (primary N) is 1. The lowest BCUT2D eigenvalue weighted by Crippen LogP contribution is -2.42. The number of carbonyl (C=O) groups is 3. The number of imidazole rings is 1. The van der Waals surface area contributed by atoms with Crippen molar-refractivity contribution in [2.24, 2.45) is 5.92 Å². The quantitative estimate of drug-likeness (QED) is 0.271. The highest BCUT2D eigenvalue weighted by Crippen LogP contribution is 2.32. The number of aliphatic hydroxyl groups excluding tert-OH is 2. The molecule has 3 aliphatic heterocycles. The van der Waals surface area contributed by atoms with Crippen LogP contribution in [-0.2, 0) is 25.5 Å². The fourth-order valence-corrected chi connectivity index (χ4v) is 5.50. The number of likely N-dealkylation sites (N-methyl/N-ethyl adjacent to an activating group) is 1. The molecule has 218 valence electrons. The minimum Gasteiger partial charge on any atom is -0.444 e. The topological polar surface area (TPSA) is 207 Å². The molecule has 5 atom stereocenters. The second kappa shape index (κ2) is 11.9. The number of amides is 3. The summed E-state index contributed by atoms with van der Waals surface area (Å²) in [5.74, 6) is 0.541. The molecular formula is C25H36N8O7. The van der Waals surface area contributed by atoms with Gasteiger partial charge in [0.25, 0.3) is 5.91 Å². The van der Waals surface area contributed by atoms with Gasteiger partial charge in [-0.2, -0.15) is 0 Å². The Morgan fingerprint density at radius 1 is 1.25 bits per heavy atom. The zero-order valence-electron chi connectivity index (χ0n) is 22.4. The second-order valence-corrected chi connectivity index (χ2v) is 10.5. The fourth-order valence-electron chi connectivity index (χ4n) is 5.50. The van der Waals surface area contributed by atoms with Crippen LogP contribution in [0.2, 0.25) is 0 Å². The molecule has 3 saturated heterocycles. The molecule has 5 rings (SSSR count). The monoisotopic (exact) mass is 560 g/mol. The molecule has 2 aromatic rings. The Labute approximate surface area is 230 Å². The molecule has 0 radical (unpaired) electrons. The maximum absolute atomic E-state index is 12.4. The summed E-state index contributed by atoms with van der Waals surface area (Å²) >= 11 is 0. The standard InChI is InChI=1S/C25H36N8O7/c1-2-27-23(37)20-18(35)19(36)24(40-20)33-12-29-17-21(26)30-15(31-22(17)33)5-3-4-13-6-8-32(9-7-13)25(38)39-14-10-16(34)28-11-14/h12-14,18-20,24,35-36H,2-11H2,1H3,(H,27,37)(H,28,34)(H2,26,30,31)/t14?,18?,19-,20-,24+/m0/s1. The van der Waals surface area contributed by atoms with Crippen molar-refractivity contribution in [1.82, 2.24) is 35.1 Å². The highest BCUT2D eigenvalue weighted by atomic mass is 16.6. The molecular weight excluding hydrogens is 524 g/mol. The average molecular weight is 561 g/mol. The van der Waals surface area contributed by atoms with Crippen LogP contribution in [0.4, 0.5) is 10.6 Å². The maximum atomic E-state index is 12.4. The number of hydrogen-bond donors (Lipinski definition) is 5. The molecule has 3 fully saturated rings. The fraction of sp³-hybridized carbons (Fsp3) is 0.680. The van der Waals surface area contributed by atoms with Crippen molar-refractivity contribution >= 4 is 34.9 Å². The number of aryl methyl sites for hydroxylation is 1. The molecule has 0 aromatic carbocycles. The zero-order valence-corrected chi connectivity index (χ0v) is 22.4. The molecule has 0 aliphatic carbocycles. The number of ether oxygens (including phenoxy) is 2. The van der Waals surface area contributed by atoms with E-state index in [1.54, 1.807) is 11.8 Å². The smallest absolute Gasteiger partial charge is 0.410 e. The van der Waals surface area contributed by atoms with Gasteiger partial charge in [-0.15, -0.1) is 0 Å². The number of piperidine rings is 1. The summed E-state index contributed by atoms with van der Waals surface area (Å²) in [6, 6.07) is 0. The third-order valence-corrected chi connectivity index (χ3v) is 7.71. The van der Waals surface area contributed by atoms with E-state index in [1.165, 1.54) is 10.9 Å². The first-order valence-corrected chi connectivity index (χ1v) is 13.8. The van der Waals surface area contributed by atoms with Gasteiger partial charge in [0.2, 0.25) is 5.91 Å². The van der Waals surface area contributed by atoms with E-state index in [-0.39, 0.29) is 24.2 Å². The lowest BCUT2D eigenvalue weighted by Gasteiger charge is -2.32. The van der Waals surface area contributed by atoms with Crippen molar-refractivity contribution in [2.75, 3.05) is 31.9 Å². The Morgan fingerprint density at radius 3 is 2.73 bits per heavy atom. The van der Waals surface area contributed by atoms with Gasteiger partial charge in [0.15, 0.2) is 23.8 Å². The van der Waals surface area contributed by atoms with E-state index >= 15 is 0 Å². The highest BCUT2D eigenvalue weighted by molar-refractivity contribution is 5.83. The molecule has 15 heteroatoms. The predicted octanol–water partition coefficient (Wildman–Crippen LogP) is -0.776. The molecule has 0 bridgehead atoms. The number of aliphatic hydroxyl groups is 2. The summed E-state index contributed by atoms with van der Waals surface area (Å²) in [4.78, 5) is 50.9. The highest BCUT2D eigenvalue weighted by Gasteiger charge is 2.47. The second-order valence-electron chi connectivity index (χ2n) is 10.5. The number of hydrogen-bond acceptors (Lipinski definition) is 11. The summed E-state index contributed by atoms with van der Waals surface area (Å²) in [5, 5.41) is 26.3. The van der Waals surface area contributed by atoms with Crippen LogP contribution in [0, 0.1) is 5.92 Å². The van der Waals surface area contributed by atoms with Crippen LogP contribution in [0.15, 0.2) is 6.33 Å². The zero-order chi connectivity index (χ0) is 28.4. The molecule has 0 saturated carbocycles. The number of nitrogens with zero attached hydrogens (tertiary/aromatic N) is 5. The summed E-state index contributed by atoms with van der Waals surface area (Å²) in [6.07, 6.45) is -0.206. The molecule has 15 nitrogen and oxygen atoms in total. The number of anilines is 1. The molecule has 2 unspecified atom stereocenters. The Morgan fingerprint density at radius 2 is 2.02 bits per heavy atom. The first-order valence-electron chi connectivity index (χ1n) is 13.8. The normalized spacial score (nSPS) is 27.2. The molecule has 40 heavy (non-hydrogen) atoms. The third kappa shape index (κ3) is 5.81. The van der Waals surface area contributed by atoms with Crippen molar-refractivity contribution in [3.63, 3.8) is 0 Å².